The van der Waals surface area contributed by atoms with Crippen LogP contribution in [0.3, 0.4) is 0 Å². The first-order valence-electron chi connectivity index (χ1n) is 11.2. The lowest BCUT2D eigenvalue weighted by Crippen LogP contribution is -2.42. The van der Waals surface area contributed by atoms with Crippen molar-refractivity contribution in [3.05, 3.63) is 54.1 Å². The highest BCUT2D eigenvalue weighted by molar-refractivity contribution is 6.88. The number of methoxy groups -OCH3 is 1. The smallest absolute Gasteiger partial charge is 0.251 e. The first-order valence-corrected chi connectivity index (χ1v) is 14.7. The molecule has 0 spiro atoms. The SMILES string of the molecule is COc1ccc(C(NC(=O)C2CCCC(O)C2)C(=O)Nc2ccc([Si](C)(C)C)cc2)cc1. The lowest BCUT2D eigenvalue weighted by molar-refractivity contribution is -0.131. The molecule has 3 rings (SSSR count). The second-order valence-corrected chi connectivity index (χ2v) is 14.6. The van der Waals surface area contributed by atoms with Crippen LogP contribution in [-0.2, 0) is 9.59 Å². The van der Waals surface area contributed by atoms with Crippen molar-refractivity contribution in [1.82, 2.24) is 5.32 Å². The molecule has 0 aliphatic heterocycles. The zero-order valence-electron chi connectivity index (χ0n) is 19.4. The maximum Gasteiger partial charge on any atom is 0.251 e. The fraction of sp³-hybridized carbons (Fsp3) is 0.440. The Labute approximate surface area is 191 Å². The fourth-order valence-electron chi connectivity index (χ4n) is 4.03. The van der Waals surface area contributed by atoms with Gasteiger partial charge in [-0.15, -0.1) is 0 Å². The molecule has 0 aromatic heterocycles. The van der Waals surface area contributed by atoms with Crippen LogP contribution in [0.1, 0.15) is 37.3 Å². The predicted octanol–water partition coefficient (Wildman–Crippen LogP) is 3.59. The van der Waals surface area contributed by atoms with Gasteiger partial charge in [0.2, 0.25) is 5.91 Å². The van der Waals surface area contributed by atoms with Gasteiger partial charge in [-0.1, -0.05) is 55.5 Å². The highest BCUT2D eigenvalue weighted by atomic mass is 28.3. The van der Waals surface area contributed by atoms with Gasteiger partial charge < -0.3 is 20.5 Å². The fourth-order valence-corrected chi connectivity index (χ4v) is 5.19. The van der Waals surface area contributed by atoms with Crippen molar-refractivity contribution in [3.63, 3.8) is 0 Å². The minimum atomic E-state index is -1.43. The number of carbonyl (C=O) groups is 2. The lowest BCUT2D eigenvalue weighted by atomic mass is 9.86. The highest BCUT2D eigenvalue weighted by Gasteiger charge is 2.30. The van der Waals surface area contributed by atoms with E-state index in [1.807, 2.05) is 12.1 Å². The predicted molar refractivity (Wildman–Crippen MR) is 130 cm³/mol. The molecule has 172 valence electrons. The molecule has 2 amide bonds. The average molecular weight is 455 g/mol. The zero-order chi connectivity index (χ0) is 23.3. The Balaban J connectivity index is 1.79. The molecule has 32 heavy (non-hydrogen) atoms. The van der Waals surface area contributed by atoms with E-state index in [9.17, 15) is 14.7 Å². The number of carbonyl (C=O) groups excluding carboxylic acids is 2. The van der Waals surface area contributed by atoms with Crippen LogP contribution < -0.4 is 20.6 Å². The molecule has 1 aliphatic carbocycles. The summed E-state index contributed by atoms with van der Waals surface area (Å²) >= 11 is 0. The van der Waals surface area contributed by atoms with Crippen molar-refractivity contribution < 1.29 is 19.4 Å². The van der Waals surface area contributed by atoms with E-state index in [0.29, 0.717) is 23.4 Å². The van der Waals surface area contributed by atoms with Crippen LogP contribution in [0, 0.1) is 5.92 Å². The molecule has 1 aliphatic rings. The van der Waals surface area contributed by atoms with Crippen LogP contribution in [-0.4, -0.2) is 38.2 Å². The van der Waals surface area contributed by atoms with E-state index >= 15 is 0 Å². The van der Waals surface area contributed by atoms with Gasteiger partial charge in [-0.3, -0.25) is 9.59 Å². The third-order valence-electron chi connectivity index (χ3n) is 6.03. The van der Waals surface area contributed by atoms with Crippen LogP contribution in [0.5, 0.6) is 5.75 Å². The van der Waals surface area contributed by atoms with Crippen LogP contribution in [0.2, 0.25) is 19.6 Å². The van der Waals surface area contributed by atoms with Crippen LogP contribution in [0.15, 0.2) is 48.5 Å². The van der Waals surface area contributed by atoms with E-state index in [2.05, 4.69) is 42.4 Å². The summed E-state index contributed by atoms with van der Waals surface area (Å²) in [6.07, 6.45) is 2.22. The van der Waals surface area contributed by atoms with Crippen LogP contribution in [0.4, 0.5) is 5.69 Å². The number of amides is 2. The third kappa shape index (κ3) is 6.20. The maximum atomic E-state index is 13.2. The number of hydrogen-bond donors (Lipinski definition) is 3. The van der Waals surface area contributed by atoms with Crippen molar-refractivity contribution in [2.45, 2.75) is 57.5 Å². The quantitative estimate of drug-likeness (QED) is 0.558. The number of aliphatic hydroxyl groups excluding tert-OH is 1. The molecule has 0 radical (unpaired) electrons. The van der Waals surface area contributed by atoms with Crippen LogP contribution in [0.25, 0.3) is 0 Å². The first-order chi connectivity index (χ1) is 15.2. The molecule has 7 heteroatoms. The van der Waals surface area contributed by atoms with E-state index in [4.69, 9.17) is 4.74 Å². The largest absolute Gasteiger partial charge is 0.497 e. The van der Waals surface area contributed by atoms with Crippen molar-refractivity contribution in [2.24, 2.45) is 5.92 Å². The van der Waals surface area contributed by atoms with Crippen molar-refractivity contribution >= 4 is 30.8 Å². The molecule has 2 aromatic carbocycles. The van der Waals surface area contributed by atoms with E-state index in [1.54, 1.807) is 31.4 Å². The van der Waals surface area contributed by atoms with E-state index in [1.165, 1.54) is 5.19 Å². The Morgan fingerprint density at radius 2 is 1.69 bits per heavy atom. The maximum absolute atomic E-state index is 13.2. The molecular formula is C25H34N2O4Si. The van der Waals surface area contributed by atoms with Gasteiger partial charge in [0.1, 0.15) is 11.8 Å². The Morgan fingerprint density at radius 1 is 1.03 bits per heavy atom. The summed E-state index contributed by atoms with van der Waals surface area (Å²) in [6, 6.07) is 14.2. The van der Waals surface area contributed by atoms with Crippen molar-refractivity contribution in [1.29, 1.82) is 0 Å². The second kappa shape index (κ2) is 10.3. The minimum Gasteiger partial charge on any atom is -0.497 e. The number of rotatable bonds is 7. The standard InChI is InChI=1S/C25H34N2O4Si/c1-31-21-12-8-17(9-13-21)23(27-24(29)18-6-5-7-20(28)16-18)25(30)26-19-10-14-22(15-11-19)32(2,3)4/h8-15,18,20,23,28H,5-7,16H2,1-4H3,(H,26,30)(H,27,29). The second-order valence-electron chi connectivity index (χ2n) is 9.55. The van der Waals surface area contributed by atoms with Gasteiger partial charge in [-0.25, -0.2) is 0 Å². The summed E-state index contributed by atoms with van der Waals surface area (Å²) < 4.78 is 5.22. The molecule has 0 bridgehead atoms. The van der Waals surface area contributed by atoms with Gasteiger partial charge in [0.05, 0.1) is 21.3 Å². The summed E-state index contributed by atoms with van der Waals surface area (Å²) in [5, 5.41) is 17.1. The van der Waals surface area contributed by atoms with Gasteiger partial charge >= 0.3 is 0 Å². The molecule has 1 saturated carbocycles. The summed E-state index contributed by atoms with van der Waals surface area (Å²) in [7, 11) is 0.154. The molecule has 0 saturated heterocycles. The topological polar surface area (TPSA) is 87.7 Å². The molecule has 6 nitrogen and oxygen atoms in total. The average Bonchev–Trinajstić information content (AvgIpc) is 2.77. The molecule has 3 unspecified atom stereocenters. The molecule has 1 fully saturated rings. The van der Waals surface area contributed by atoms with Crippen molar-refractivity contribution in [2.75, 3.05) is 12.4 Å². The Kier molecular flexibility index (Phi) is 7.74. The first kappa shape index (κ1) is 24.0. The number of ether oxygens (including phenoxy) is 1. The van der Waals surface area contributed by atoms with E-state index in [-0.39, 0.29) is 17.7 Å². The van der Waals surface area contributed by atoms with Crippen LogP contribution >= 0.6 is 0 Å². The van der Waals surface area contributed by atoms with E-state index < -0.39 is 20.2 Å². The normalized spacial score (nSPS) is 19.7. The van der Waals surface area contributed by atoms with Gasteiger partial charge in [0.15, 0.2) is 0 Å². The Bertz CT molecular complexity index is 922. The molecular weight excluding hydrogens is 420 g/mol. The minimum absolute atomic E-state index is 0.200. The van der Waals surface area contributed by atoms with Gasteiger partial charge in [-0.2, -0.15) is 0 Å². The van der Waals surface area contributed by atoms with Gasteiger partial charge in [0, 0.05) is 11.6 Å². The molecule has 3 atom stereocenters. The number of benzene rings is 2. The molecule has 3 N–H and O–H groups in total. The summed E-state index contributed by atoms with van der Waals surface area (Å²) in [4.78, 5) is 26.2. The van der Waals surface area contributed by atoms with Gasteiger partial charge in [0.25, 0.3) is 5.91 Å². The number of hydrogen-bond acceptors (Lipinski definition) is 4. The Morgan fingerprint density at radius 3 is 2.25 bits per heavy atom. The number of anilines is 1. The van der Waals surface area contributed by atoms with Crippen molar-refractivity contribution in [3.8, 4) is 5.75 Å². The Hall–Kier alpha value is -2.64. The number of nitrogens with one attached hydrogen (secondary N) is 2. The highest BCUT2D eigenvalue weighted by Crippen LogP contribution is 2.26. The lowest BCUT2D eigenvalue weighted by Gasteiger charge is -2.27. The zero-order valence-corrected chi connectivity index (χ0v) is 20.4. The summed E-state index contributed by atoms with van der Waals surface area (Å²) in [5.74, 6) is -0.116. The molecule has 0 heterocycles. The molecule has 2 aromatic rings. The van der Waals surface area contributed by atoms with E-state index in [0.717, 1.165) is 19.3 Å². The van der Waals surface area contributed by atoms with Gasteiger partial charge in [-0.05, 0) is 49.1 Å². The summed E-state index contributed by atoms with van der Waals surface area (Å²) in [5.41, 5.74) is 1.37. The third-order valence-corrected chi connectivity index (χ3v) is 8.10. The monoisotopic (exact) mass is 454 g/mol. The number of aliphatic hydroxyl groups is 1. The summed E-state index contributed by atoms with van der Waals surface area (Å²) in [6.45, 7) is 6.83.